The van der Waals surface area contributed by atoms with Gasteiger partial charge in [-0.05, 0) is 43.2 Å². The molecule has 0 radical (unpaired) electrons. The number of rotatable bonds is 4. The molecule has 0 aliphatic carbocycles. The van der Waals surface area contributed by atoms with Crippen molar-refractivity contribution >= 4 is 11.8 Å². The summed E-state index contributed by atoms with van der Waals surface area (Å²) in [4.78, 5) is 27.2. The molecule has 0 aliphatic heterocycles. The number of carbonyl (C=O) groups excluding carboxylic acids is 2. The Bertz CT molecular complexity index is 672. The van der Waals surface area contributed by atoms with E-state index in [2.05, 4.69) is 15.8 Å². The van der Waals surface area contributed by atoms with Crippen LogP contribution in [0, 0.1) is 13.8 Å². The third-order valence-corrected chi connectivity index (χ3v) is 3.15. The van der Waals surface area contributed by atoms with E-state index in [0.717, 1.165) is 11.1 Å². The third kappa shape index (κ3) is 4.05. The van der Waals surface area contributed by atoms with Crippen LogP contribution >= 0.6 is 0 Å². The molecular formula is C16H17N3O3. The van der Waals surface area contributed by atoms with E-state index < -0.39 is 11.8 Å². The first-order valence-electron chi connectivity index (χ1n) is 6.76. The fraction of sp³-hybridized carbons (Fsp3) is 0.188. The van der Waals surface area contributed by atoms with Gasteiger partial charge in [0.05, 0.1) is 5.56 Å². The molecule has 1 heterocycles. The van der Waals surface area contributed by atoms with Crippen molar-refractivity contribution in [1.29, 1.82) is 0 Å². The molecule has 0 bridgehead atoms. The molecule has 0 saturated heterocycles. The molecule has 1 aromatic heterocycles. The highest BCUT2D eigenvalue weighted by atomic mass is 16.5. The van der Waals surface area contributed by atoms with Gasteiger partial charge in [0, 0.05) is 12.4 Å². The lowest BCUT2D eigenvalue weighted by Gasteiger charge is -2.11. The van der Waals surface area contributed by atoms with Gasteiger partial charge in [0.1, 0.15) is 5.75 Å². The van der Waals surface area contributed by atoms with Gasteiger partial charge in [-0.2, -0.15) is 0 Å². The summed E-state index contributed by atoms with van der Waals surface area (Å²) in [7, 11) is 0. The Morgan fingerprint density at radius 2 is 1.95 bits per heavy atom. The summed E-state index contributed by atoms with van der Waals surface area (Å²) >= 11 is 0. The Labute approximate surface area is 128 Å². The zero-order valence-corrected chi connectivity index (χ0v) is 12.4. The van der Waals surface area contributed by atoms with Gasteiger partial charge in [0.2, 0.25) is 0 Å². The second-order valence-electron chi connectivity index (χ2n) is 4.73. The van der Waals surface area contributed by atoms with Gasteiger partial charge < -0.3 is 4.74 Å². The van der Waals surface area contributed by atoms with Crippen LogP contribution < -0.4 is 15.6 Å². The van der Waals surface area contributed by atoms with Gasteiger partial charge in [-0.15, -0.1) is 0 Å². The molecule has 1 aromatic carbocycles. The van der Waals surface area contributed by atoms with Gasteiger partial charge >= 0.3 is 0 Å². The molecule has 2 amide bonds. The Balaban J connectivity index is 1.81. The second kappa shape index (κ2) is 7.21. The average Bonchev–Trinajstić information content (AvgIpc) is 2.54. The number of nitrogens with one attached hydrogen (secondary N) is 2. The summed E-state index contributed by atoms with van der Waals surface area (Å²) in [5.41, 5.74) is 7.02. The average molecular weight is 299 g/mol. The molecule has 2 aromatic rings. The maximum absolute atomic E-state index is 11.7. The highest BCUT2D eigenvalue weighted by Crippen LogP contribution is 2.20. The predicted octanol–water partition coefficient (Wildman–Crippen LogP) is 1.54. The zero-order chi connectivity index (χ0) is 15.9. The number of pyridine rings is 1. The maximum Gasteiger partial charge on any atom is 0.276 e. The van der Waals surface area contributed by atoms with Crippen LogP contribution in [0.5, 0.6) is 5.75 Å². The number of benzene rings is 1. The number of ether oxygens (including phenoxy) is 1. The van der Waals surface area contributed by atoms with Crippen molar-refractivity contribution in [2.24, 2.45) is 0 Å². The molecule has 2 N–H and O–H groups in total. The minimum absolute atomic E-state index is 0.183. The van der Waals surface area contributed by atoms with E-state index in [4.69, 9.17) is 4.74 Å². The van der Waals surface area contributed by atoms with Crippen LogP contribution in [0.3, 0.4) is 0 Å². The lowest BCUT2D eigenvalue weighted by atomic mass is 10.1. The van der Waals surface area contributed by atoms with Crippen LogP contribution in [0.15, 0.2) is 42.7 Å². The number of nitrogens with zero attached hydrogens (tertiary/aromatic N) is 1. The van der Waals surface area contributed by atoms with Crippen molar-refractivity contribution in [3.8, 4) is 5.75 Å². The standard InChI is InChI=1S/C16H17N3O3/c1-11-5-3-7-14(12(11)2)22-10-15(20)18-19-16(21)13-6-4-8-17-9-13/h3-9H,10H2,1-2H3,(H,18,20)(H,19,21). The van der Waals surface area contributed by atoms with Gasteiger partial charge in [-0.1, -0.05) is 12.1 Å². The highest BCUT2D eigenvalue weighted by molar-refractivity contribution is 5.95. The van der Waals surface area contributed by atoms with E-state index in [1.807, 2.05) is 26.0 Å². The fourth-order valence-electron chi connectivity index (χ4n) is 1.76. The number of hydrogen-bond acceptors (Lipinski definition) is 4. The summed E-state index contributed by atoms with van der Waals surface area (Å²) in [6, 6.07) is 8.86. The first kappa shape index (κ1) is 15.5. The summed E-state index contributed by atoms with van der Waals surface area (Å²) in [5.74, 6) is -0.236. The summed E-state index contributed by atoms with van der Waals surface area (Å²) in [6.45, 7) is 3.71. The Morgan fingerprint density at radius 1 is 1.14 bits per heavy atom. The number of carbonyl (C=O) groups is 2. The molecule has 0 spiro atoms. The molecule has 22 heavy (non-hydrogen) atoms. The molecule has 0 aliphatic rings. The van der Waals surface area contributed by atoms with E-state index >= 15 is 0 Å². The molecule has 0 atom stereocenters. The van der Waals surface area contributed by atoms with Crippen LogP contribution in [0.4, 0.5) is 0 Å². The molecule has 0 fully saturated rings. The van der Waals surface area contributed by atoms with Crippen LogP contribution in [0.1, 0.15) is 21.5 Å². The van der Waals surface area contributed by atoms with Crippen molar-refractivity contribution < 1.29 is 14.3 Å². The highest BCUT2D eigenvalue weighted by Gasteiger charge is 2.09. The number of amides is 2. The van der Waals surface area contributed by atoms with E-state index in [9.17, 15) is 9.59 Å². The van der Waals surface area contributed by atoms with Crippen molar-refractivity contribution in [3.05, 3.63) is 59.4 Å². The minimum Gasteiger partial charge on any atom is -0.483 e. The monoisotopic (exact) mass is 299 g/mol. The zero-order valence-electron chi connectivity index (χ0n) is 12.4. The number of hydrazine groups is 1. The SMILES string of the molecule is Cc1cccc(OCC(=O)NNC(=O)c2cccnc2)c1C. The molecule has 6 heteroatoms. The second-order valence-corrected chi connectivity index (χ2v) is 4.73. The number of hydrogen-bond donors (Lipinski definition) is 2. The quantitative estimate of drug-likeness (QED) is 0.839. The molecule has 0 saturated carbocycles. The summed E-state index contributed by atoms with van der Waals surface area (Å²) < 4.78 is 5.44. The molecular weight excluding hydrogens is 282 g/mol. The predicted molar refractivity (Wildman–Crippen MR) is 81.3 cm³/mol. The normalized spacial score (nSPS) is 9.91. The molecule has 114 valence electrons. The van der Waals surface area contributed by atoms with E-state index in [-0.39, 0.29) is 6.61 Å². The molecule has 2 rings (SSSR count). The molecule has 6 nitrogen and oxygen atoms in total. The first-order valence-corrected chi connectivity index (χ1v) is 6.76. The Hall–Kier alpha value is -2.89. The lowest BCUT2D eigenvalue weighted by molar-refractivity contribution is -0.123. The minimum atomic E-state index is -0.446. The van der Waals surface area contributed by atoms with Gasteiger partial charge in [0.25, 0.3) is 11.8 Å². The van der Waals surface area contributed by atoms with E-state index in [0.29, 0.717) is 11.3 Å². The van der Waals surface area contributed by atoms with Gasteiger partial charge in [-0.3, -0.25) is 25.4 Å². The van der Waals surface area contributed by atoms with Crippen molar-refractivity contribution in [3.63, 3.8) is 0 Å². The number of aryl methyl sites for hydroxylation is 1. The fourth-order valence-corrected chi connectivity index (χ4v) is 1.76. The van der Waals surface area contributed by atoms with Crippen LogP contribution in [0.2, 0.25) is 0 Å². The van der Waals surface area contributed by atoms with Crippen LogP contribution in [-0.4, -0.2) is 23.4 Å². The summed E-state index contributed by atoms with van der Waals surface area (Å²) in [6.07, 6.45) is 2.97. The Kier molecular flexibility index (Phi) is 5.08. The van der Waals surface area contributed by atoms with Crippen LogP contribution in [-0.2, 0) is 4.79 Å². The Morgan fingerprint density at radius 3 is 2.68 bits per heavy atom. The number of aromatic nitrogens is 1. The van der Waals surface area contributed by atoms with Crippen molar-refractivity contribution in [2.75, 3.05) is 6.61 Å². The van der Waals surface area contributed by atoms with Crippen LogP contribution in [0.25, 0.3) is 0 Å². The van der Waals surface area contributed by atoms with Gasteiger partial charge in [0.15, 0.2) is 6.61 Å². The largest absolute Gasteiger partial charge is 0.483 e. The molecule has 0 unspecified atom stereocenters. The maximum atomic E-state index is 11.7. The summed E-state index contributed by atoms with van der Waals surface area (Å²) in [5, 5.41) is 0. The topological polar surface area (TPSA) is 80.3 Å². The first-order chi connectivity index (χ1) is 10.6. The van der Waals surface area contributed by atoms with Gasteiger partial charge in [-0.25, -0.2) is 0 Å². The van der Waals surface area contributed by atoms with E-state index in [1.165, 1.54) is 6.20 Å². The smallest absolute Gasteiger partial charge is 0.276 e. The third-order valence-electron chi connectivity index (χ3n) is 3.15. The lowest BCUT2D eigenvalue weighted by Crippen LogP contribution is -2.43. The van der Waals surface area contributed by atoms with E-state index in [1.54, 1.807) is 24.4 Å². The van der Waals surface area contributed by atoms with Crippen molar-refractivity contribution in [2.45, 2.75) is 13.8 Å². The van der Waals surface area contributed by atoms with Crippen molar-refractivity contribution in [1.82, 2.24) is 15.8 Å².